The summed E-state index contributed by atoms with van der Waals surface area (Å²) in [5.41, 5.74) is 5.51. The van der Waals surface area contributed by atoms with Gasteiger partial charge in [-0.3, -0.25) is 0 Å². The maximum Gasteiger partial charge on any atom is 0.0830 e. The fraction of sp³-hybridized carbons (Fsp3) is 1.00. The molecule has 1 fully saturated rings. The fourth-order valence-electron chi connectivity index (χ4n) is 0.912. The molecule has 0 aromatic carbocycles. The number of nitrogens with two attached hydrogens (primary N) is 1. The van der Waals surface area contributed by atoms with Gasteiger partial charge >= 0.3 is 0 Å². The topological polar surface area (TPSA) is 58.3 Å². The number of hydrogen-bond acceptors (Lipinski definition) is 3. The first-order valence-corrected chi connectivity index (χ1v) is 2.89. The lowest BCUT2D eigenvalue weighted by atomic mass is 10.1. The van der Waals surface area contributed by atoms with Crippen molar-refractivity contribution in [2.24, 2.45) is 5.73 Å². The van der Waals surface area contributed by atoms with Gasteiger partial charge in [0.05, 0.1) is 6.10 Å². The molecule has 1 aliphatic rings. The van der Waals surface area contributed by atoms with Gasteiger partial charge in [0.15, 0.2) is 0 Å². The molecule has 1 rings (SSSR count). The molecule has 0 radical (unpaired) electrons. The van der Waals surface area contributed by atoms with Crippen molar-refractivity contribution in [3.8, 4) is 0 Å². The number of rotatable bonds is 0. The Bertz CT molecular complexity index is 76.5. The van der Waals surface area contributed by atoms with Crippen LogP contribution < -0.4 is 11.1 Å². The SMILES string of the molecule is CC1NC[C@H](O)[C@H]1N. The Morgan fingerprint density at radius 3 is 2.50 bits per heavy atom. The molecule has 48 valence electrons. The minimum atomic E-state index is -0.343. The van der Waals surface area contributed by atoms with Crippen molar-refractivity contribution in [3.63, 3.8) is 0 Å². The average Bonchev–Trinajstić information content (AvgIpc) is 1.98. The van der Waals surface area contributed by atoms with Crippen LogP contribution >= 0.6 is 0 Å². The van der Waals surface area contributed by atoms with Crippen LogP contribution in [0.3, 0.4) is 0 Å². The van der Waals surface area contributed by atoms with Crippen LogP contribution in [0.15, 0.2) is 0 Å². The molecule has 3 nitrogen and oxygen atoms in total. The lowest BCUT2D eigenvalue weighted by Gasteiger charge is -2.10. The standard InChI is InChI=1S/C5H12N2O/c1-3-5(6)4(8)2-7-3/h3-5,7-8H,2,6H2,1H3/t3?,4-,5-/m0/s1. The van der Waals surface area contributed by atoms with E-state index in [1.54, 1.807) is 0 Å². The van der Waals surface area contributed by atoms with Crippen molar-refractivity contribution >= 4 is 0 Å². The van der Waals surface area contributed by atoms with Gasteiger partial charge in [-0.15, -0.1) is 0 Å². The zero-order valence-corrected chi connectivity index (χ0v) is 4.96. The number of aliphatic hydroxyl groups excluding tert-OH is 1. The van der Waals surface area contributed by atoms with E-state index in [1.807, 2.05) is 6.92 Å². The summed E-state index contributed by atoms with van der Waals surface area (Å²) in [5, 5.41) is 12.0. The van der Waals surface area contributed by atoms with Crippen molar-refractivity contribution in [3.05, 3.63) is 0 Å². The molecule has 3 atom stereocenters. The van der Waals surface area contributed by atoms with E-state index < -0.39 is 0 Å². The Kier molecular flexibility index (Phi) is 1.51. The van der Waals surface area contributed by atoms with Crippen LogP contribution in [0.25, 0.3) is 0 Å². The summed E-state index contributed by atoms with van der Waals surface area (Å²) in [4.78, 5) is 0. The van der Waals surface area contributed by atoms with Gasteiger partial charge in [0.2, 0.25) is 0 Å². The molecule has 0 saturated carbocycles. The summed E-state index contributed by atoms with van der Waals surface area (Å²) in [6.07, 6.45) is -0.343. The van der Waals surface area contributed by atoms with Gasteiger partial charge in [-0.05, 0) is 6.92 Å². The van der Waals surface area contributed by atoms with E-state index in [1.165, 1.54) is 0 Å². The van der Waals surface area contributed by atoms with E-state index >= 15 is 0 Å². The highest BCUT2D eigenvalue weighted by Gasteiger charge is 2.27. The van der Waals surface area contributed by atoms with E-state index in [9.17, 15) is 0 Å². The second-order valence-corrected chi connectivity index (χ2v) is 2.34. The monoisotopic (exact) mass is 116 g/mol. The number of hydrogen-bond donors (Lipinski definition) is 3. The average molecular weight is 116 g/mol. The first kappa shape index (κ1) is 6.01. The zero-order chi connectivity index (χ0) is 6.15. The molecule has 0 aromatic heterocycles. The van der Waals surface area contributed by atoms with Crippen molar-refractivity contribution in [2.45, 2.75) is 25.1 Å². The van der Waals surface area contributed by atoms with Crippen molar-refractivity contribution in [1.29, 1.82) is 0 Å². The minimum absolute atomic E-state index is 0.0741. The van der Waals surface area contributed by atoms with E-state index in [0.29, 0.717) is 6.54 Å². The molecular weight excluding hydrogens is 104 g/mol. The number of nitrogens with one attached hydrogen (secondary N) is 1. The van der Waals surface area contributed by atoms with Crippen molar-refractivity contribution < 1.29 is 5.11 Å². The second-order valence-electron chi connectivity index (χ2n) is 2.34. The van der Waals surface area contributed by atoms with Crippen LogP contribution in [0.2, 0.25) is 0 Å². The highest BCUT2D eigenvalue weighted by atomic mass is 16.3. The van der Waals surface area contributed by atoms with E-state index in [-0.39, 0.29) is 18.2 Å². The smallest absolute Gasteiger partial charge is 0.0830 e. The zero-order valence-electron chi connectivity index (χ0n) is 4.96. The summed E-state index contributed by atoms with van der Waals surface area (Å²) in [6, 6.07) is 0.194. The van der Waals surface area contributed by atoms with Gasteiger partial charge in [0.25, 0.3) is 0 Å². The summed E-state index contributed by atoms with van der Waals surface area (Å²) in [5.74, 6) is 0. The lowest BCUT2D eigenvalue weighted by Crippen LogP contribution is -2.38. The summed E-state index contributed by atoms with van der Waals surface area (Å²) in [6.45, 7) is 2.61. The molecule has 0 amide bonds. The van der Waals surface area contributed by atoms with Crippen LogP contribution in [0.1, 0.15) is 6.92 Å². The van der Waals surface area contributed by atoms with E-state index in [0.717, 1.165) is 0 Å². The fourth-order valence-corrected chi connectivity index (χ4v) is 0.912. The third-order valence-electron chi connectivity index (χ3n) is 1.67. The molecule has 1 aliphatic heterocycles. The van der Waals surface area contributed by atoms with Crippen molar-refractivity contribution in [1.82, 2.24) is 5.32 Å². The quantitative estimate of drug-likeness (QED) is 0.367. The normalized spacial score (nSPS) is 47.6. The molecule has 1 unspecified atom stereocenters. The first-order valence-electron chi connectivity index (χ1n) is 2.89. The Balaban J connectivity index is 2.44. The van der Waals surface area contributed by atoms with Crippen LogP contribution in [0.5, 0.6) is 0 Å². The Morgan fingerprint density at radius 1 is 1.75 bits per heavy atom. The summed E-state index contributed by atoms with van der Waals surface area (Å²) in [7, 11) is 0. The molecule has 0 bridgehead atoms. The largest absolute Gasteiger partial charge is 0.390 e. The molecule has 4 N–H and O–H groups in total. The third kappa shape index (κ3) is 0.844. The Hall–Kier alpha value is -0.120. The second kappa shape index (κ2) is 2.01. The van der Waals surface area contributed by atoms with Gasteiger partial charge in [0, 0.05) is 18.6 Å². The molecule has 8 heavy (non-hydrogen) atoms. The van der Waals surface area contributed by atoms with E-state index in [4.69, 9.17) is 10.8 Å². The summed E-state index contributed by atoms with van der Waals surface area (Å²) >= 11 is 0. The predicted octanol–water partition coefficient (Wildman–Crippen LogP) is -1.33. The first-order chi connectivity index (χ1) is 3.72. The summed E-state index contributed by atoms with van der Waals surface area (Å²) < 4.78 is 0. The minimum Gasteiger partial charge on any atom is -0.390 e. The maximum atomic E-state index is 8.98. The molecule has 1 saturated heterocycles. The van der Waals surface area contributed by atoms with E-state index in [2.05, 4.69) is 5.32 Å². The van der Waals surface area contributed by atoms with Gasteiger partial charge in [0.1, 0.15) is 0 Å². The Labute approximate surface area is 48.9 Å². The van der Waals surface area contributed by atoms with Gasteiger partial charge in [-0.2, -0.15) is 0 Å². The van der Waals surface area contributed by atoms with Crippen LogP contribution in [0, 0.1) is 0 Å². The molecule has 1 heterocycles. The number of aliphatic hydroxyl groups is 1. The maximum absolute atomic E-state index is 8.98. The van der Waals surface area contributed by atoms with Gasteiger partial charge < -0.3 is 16.2 Å². The third-order valence-corrected chi connectivity index (χ3v) is 1.67. The van der Waals surface area contributed by atoms with Gasteiger partial charge in [-0.25, -0.2) is 0 Å². The molecule has 0 spiro atoms. The molecule has 3 heteroatoms. The Morgan fingerprint density at radius 2 is 2.38 bits per heavy atom. The predicted molar refractivity (Wildman–Crippen MR) is 31.4 cm³/mol. The van der Waals surface area contributed by atoms with Crippen LogP contribution in [0.4, 0.5) is 0 Å². The molecular formula is C5H12N2O. The molecule has 0 aromatic rings. The lowest BCUT2D eigenvalue weighted by molar-refractivity contribution is 0.175. The molecule has 0 aliphatic carbocycles. The van der Waals surface area contributed by atoms with Crippen LogP contribution in [-0.2, 0) is 0 Å². The van der Waals surface area contributed by atoms with Gasteiger partial charge in [-0.1, -0.05) is 0 Å². The highest BCUT2D eigenvalue weighted by Crippen LogP contribution is 2.02. The highest BCUT2D eigenvalue weighted by molar-refractivity contribution is 4.90. The number of β-amino-alcohol motifs (C(OH)–C–C–N with tert-alkyl or cyclic N) is 1. The van der Waals surface area contributed by atoms with Crippen molar-refractivity contribution in [2.75, 3.05) is 6.54 Å². The van der Waals surface area contributed by atoms with Crippen LogP contribution in [-0.4, -0.2) is 29.8 Å².